The fourth-order valence-corrected chi connectivity index (χ4v) is 3.41. The third kappa shape index (κ3) is 7.42. The molecule has 0 N–H and O–H groups in total. The van der Waals surface area contributed by atoms with Crippen LogP contribution < -0.4 is 14.2 Å². The summed E-state index contributed by atoms with van der Waals surface area (Å²) in [5.41, 5.74) is 4.20. The molecule has 6 heteroatoms. The van der Waals surface area contributed by atoms with E-state index in [4.69, 9.17) is 14.2 Å². The van der Waals surface area contributed by atoms with Gasteiger partial charge in [0.15, 0.2) is 0 Å². The Hall–Kier alpha value is -4.71. The lowest BCUT2D eigenvalue weighted by Gasteiger charge is -2.14. The Morgan fingerprint density at radius 2 is 0.923 bits per heavy atom. The highest BCUT2D eigenvalue weighted by Crippen LogP contribution is 2.36. The molecule has 0 atom stereocenters. The van der Waals surface area contributed by atoms with Gasteiger partial charge in [-0.15, -0.1) is 0 Å². The second kappa shape index (κ2) is 13.2. The number of hydrogen-bond donors (Lipinski definition) is 0. The fourth-order valence-electron chi connectivity index (χ4n) is 3.41. The monoisotopic (exact) mass is 524 g/mol. The van der Waals surface area contributed by atoms with Crippen molar-refractivity contribution in [1.82, 2.24) is 0 Å². The van der Waals surface area contributed by atoms with Crippen LogP contribution in [0.15, 0.2) is 103 Å². The van der Waals surface area contributed by atoms with Crippen LogP contribution in [0.1, 0.15) is 40.0 Å². The van der Waals surface area contributed by atoms with Gasteiger partial charge in [-0.05, 0) is 66.3 Å². The fraction of sp³-hybridized carbons (Fsp3) is 0.182. The molecule has 0 amide bonds. The number of carbonyl (C=O) groups is 3. The zero-order valence-electron chi connectivity index (χ0n) is 22.5. The number of ether oxygens (including phenoxy) is 3. The van der Waals surface area contributed by atoms with Crippen LogP contribution >= 0.6 is 0 Å². The van der Waals surface area contributed by atoms with Crippen LogP contribution in [0.2, 0.25) is 0 Å². The van der Waals surface area contributed by atoms with Crippen LogP contribution in [-0.4, -0.2) is 17.9 Å². The molecule has 0 radical (unpaired) electrons. The van der Waals surface area contributed by atoms with Gasteiger partial charge in [0.25, 0.3) is 0 Å². The molecule has 0 heterocycles. The van der Waals surface area contributed by atoms with Crippen LogP contribution in [0, 0.1) is 0 Å². The summed E-state index contributed by atoms with van der Waals surface area (Å²) in [6.07, 6.45) is 1.48. The van der Waals surface area contributed by atoms with Crippen LogP contribution in [-0.2, 0) is 14.4 Å². The summed E-state index contributed by atoms with van der Waals surface area (Å²) in [5, 5.41) is 0. The van der Waals surface area contributed by atoms with E-state index in [2.05, 4.69) is 19.7 Å². The van der Waals surface area contributed by atoms with E-state index in [1.807, 2.05) is 45.0 Å². The second-order valence-electron chi connectivity index (χ2n) is 8.80. The Kier molecular flexibility index (Phi) is 9.76. The number of hydrogen-bond acceptors (Lipinski definition) is 6. The van der Waals surface area contributed by atoms with Crippen LogP contribution in [0.3, 0.4) is 0 Å². The van der Waals surface area contributed by atoms with Gasteiger partial charge >= 0.3 is 17.9 Å². The van der Waals surface area contributed by atoms with Gasteiger partial charge < -0.3 is 14.2 Å². The largest absolute Gasteiger partial charge is 0.423 e. The SMILES string of the molecule is C=C(CC)C(=O)Oc1ccc(-c2ccc(-c3ccc(OC(=O)C(=C)CC)cc3)c(OC(=O)C(=C)CC)c2)cc1. The lowest BCUT2D eigenvalue weighted by Crippen LogP contribution is -2.11. The van der Waals surface area contributed by atoms with E-state index >= 15 is 0 Å². The molecule has 0 aromatic heterocycles. The summed E-state index contributed by atoms with van der Waals surface area (Å²) >= 11 is 0. The lowest BCUT2D eigenvalue weighted by atomic mass is 9.99. The molecule has 0 aliphatic rings. The number of esters is 3. The van der Waals surface area contributed by atoms with Crippen molar-refractivity contribution in [2.45, 2.75) is 40.0 Å². The molecular formula is C33H32O6. The van der Waals surface area contributed by atoms with Gasteiger partial charge in [0.2, 0.25) is 0 Å². The van der Waals surface area contributed by atoms with Crippen molar-refractivity contribution < 1.29 is 28.6 Å². The first-order valence-corrected chi connectivity index (χ1v) is 12.7. The average molecular weight is 525 g/mol. The Morgan fingerprint density at radius 1 is 0.538 bits per heavy atom. The minimum absolute atomic E-state index is 0.351. The molecule has 0 bridgehead atoms. The summed E-state index contributed by atoms with van der Waals surface area (Å²) in [6.45, 7) is 16.7. The van der Waals surface area contributed by atoms with E-state index in [1.54, 1.807) is 42.5 Å². The van der Waals surface area contributed by atoms with Gasteiger partial charge in [-0.25, -0.2) is 14.4 Å². The molecule has 3 rings (SSSR count). The molecule has 0 unspecified atom stereocenters. The van der Waals surface area contributed by atoms with E-state index in [0.717, 1.165) is 16.7 Å². The van der Waals surface area contributed by atoms with E-state index in [0.29, 0.717) is 58.8 Å². The highest BCUT2D eigenvalue weighted by Gasteiger charge is 2.16. The Morgan fingerprint density at radius 3 is 1.36 bits per heavy atom. The Labute approximate surface area is 229 Å². The summed E-state index contributed by atoms with van der Waals surface area (Å²) in [5.74, 6) is -0.307. The molecule has 0 fully saturated rings. The van der Waals surface area contributed by atoms with Gasteiger partial charge in [0.05, 0.1) is 0 Å². The Bertz CT molecular complexity index is 1410. The van der Waals surface area contributed by atoms with E-state index < -0.39 is 17.9 Å². The first-order chi connectivity index (χ1) is 18.7. The van der Waals surface area contributed by atoms with Gasteiger partial charge in [0.1, 0.15) is 17.2 Å². The van der Waals surface area contributed by atoms with Crippen LogP contribution in [0.4, 0.5) is 0 Å². The predicted octanol–water partition coefficient (Wildman–Crippen LogP) is 7.64. The quantitative estimate of drug-likeness (QED) is 0.146. The number of carbonyl (C=O) groups excluding carboxylic acids is 3. The summed E-state index contributed by atoms with van der Waals surface area (Å²) in [7, 11) is 0. The third-order valence-corrected chi connectivity index (χ3v) is 6.10. The van der Waals surface area contributed by atoms with Gasteiger partial charge in [-0.1, -0.05) is 76.9 Å². The molecule has 6 nitrogen and oxygen atoms in total. The number of rotatable bonds is 11. The minimum atomic E-state index is -0.516. The zero-order valence-corrected chi connectivity index (χ0v) is 22.5. The maximum absolute atomic E-state index is 12.6. The molecule has 0 aliphatic heterocycles. The van der Waals surface area contributed by atoms with Crippen molar-refractivity contribution in [3.05, 3.63) is 103 Å². The highest BCUT2D eigenvalue weighted by molar-refractivity contribution is 5.92. The normalized spacial score (nSPS) is 10.3. The zero-order chi connectivity index (χ0) is 28.5. The van der Waals surface area contributed by atoms with Crippen LogP contribution in [0.5, 0.6) is 17.2 Å². The van der Waals surface area contributed by atoms with Crippen molar-refractivity contribution in [1.29, 1.82) is 0 Å². The topological polar surface area (TPSA) is 78.9 Å². The highest BCUT2D eigenvalue weighted by atomic mass is 16.5. The molecule has 0 saturated carbocycles. The minimum Gasteiger partial charge on any atom is -0.423 e. The molecule has 0 saturated heterocycles. The molecular weight excluding hydrogens is 492 g/mol. The summed E-state index contributed by atoms with van der Waals surface area (Å²) < 4.78 is 16.5. The maximum Gasteiger partial charge on any atom is 0.338 e. The molecule has 200 valence electrons. The third-order valence-electron chi connectivity index (χ3n) is 6.10. The second-order valence-corrected chi connectivity index (χ2v) is 8.80. The van der Waals surface area contributed by atoms with Gasteiger partial charge in [-0.3, -0.25) is 0 Å². The van der Waals surface area contributed by atoms with Crippen molar-refractivity contribution >= 4 is 17.9 Å². The smallest absolute Gasteiger partial charge is 0.338 e. The van der Waals surface area contributed by atoms with Crippen molar-refractivity contribution in [3.63, 3.8) is 0 Å². The molecule has 3 aromatic rings. The first kappa shape index (κ1) is 28.9. The molecule has 39 heavy (non-hydrogen) atoms. The predicted molar refractivity (Wildman–Crippen MR) is 153 cm³/mol. The maximum atomic E-state index is 12.6. The van der Waals surface area contributed by atoms with Crippen molar-refractivity contribution in [2.24, 2.45) is 0 Å². The van der Waals surface area contributed by atoms with E-state index in [9.17, 15) is 14.4 Å². The van der Waals surface area contributed by atoms with Gasteiger partial charge in [-0.2, -0.15) is 0 Å². The lowest BCUT2D eigenvalue weighted by molar-refractivity contribution is -0.131. The van der Waals surface area contributed by atoms with Crippen LogP contribution in [0.25, 0.3) is 22.3 Å². The van der Waals surface area contributed by atoms with Crippen molar-refractivity contribution in [2.75, 3.05) is 0 Å². The molecule has 0 aliphatic carbocycles. The van der Waals surface area contributed by atoms with Crippen molar-refractivity contribution in [3.8, 4) is 39.5 Å². The summed E-state index contributed by atoms with van der Waals surface area (Å²) in [6, 6.07) is 19.5. The molecule has 3 aromatic carbocycles. The standard InChI is InChI=1S/C33H32O6/c1-7-21(4)31(34)37-27-15-10-24(11-16-27)26-14-19-29(30(20-26)39-33(36)23(6)9-3)25-12-17-28(18-13-25)38-32(35)22(5)8-2/h10-20H,4-9H2,1-3H3. The summed E-state index contributed by atoms with van der Waals surface area (Å²) in [4.78, 5) is 36.7. The van der Waals surface area contributed by atoms with Gasteiger partial charge in [0, 0.05) is 22.3 Å². The number of benzene rings is 3. The average Bonchev–Trinajstić information content (AvgIpc) is 2.96. The van der Waals surface area contributed by atoms with E-state index in [1.165, 1.54) is 0 Å². The molecule has 0 spiro atoms. The van der Waals surface area contributed by atoms with E-state index in [-0.39, 0.29) is 0 Å². The first-order valence-electron chi connectivity index (χ1n) is 12.7. The Balaban J connectivity index is 1.92.